The van der Waals surface area contributed by atoms with Gasteiger partial charge in [0.2, 0.25) is 0 Å². The number of carbonyl (C=O) groups excluding carboxylic acids is 1. The summed E-state index contributed by atoms with van der Waals surface area (Å²) in [5.74, 6) is 0.749. The van der Waals surface area contributed by atoms with Crippen molar-refractivity contribution in [3.05, 3.63) is 89.0 Å². The Hall–Kier alpha value is -3.37. The molecule has 3 rings (SSSR count). The summed E-state index contributed by atoms with van der Waals surface area (Å²) in [6.07, 6.45) is 3.35. The average Bonchev–Trinajstić information content (AvgIpc) is 2.72. The minimum atomic E-state index is -0.129. The number of benzene rings is 3. The summed E-state index contributed by atoms with van der Waals surface area (Å²) in [5, 5.41) is 9.43. The second-order valence-electron chi connectivity index (χ2n) is 8.03. The lowest BCUT2D eigenvalue weighted by Crippen LogP contribution is -2.19. The fourth-order valence-corrected chi connectivity index (χ4v) is 3.36. The number of aryl methyl sites for hydroxylation is 2. The highest BCUT2D eigenvalue weighted by molar-refractivity contribution is 6.07. The van der Waals surface area contributed by atoms with E-state index in [9.17, 15) is 9.90 Å². The molecule has 0 bridgehead atoms. The van der Waals surface area contributed by atoms with Gasteiger partial charge in [-0.05, 0) is 87.6 Å². The van der Waals surface area contributed by atoms with Crippen molar-refractivity contribution >= 4 is 11.9 Å². The Bertz CT molecular complexity index is 1060. The molecular formula is C27H29NO3. The Morgan fingerprint density at radius 3 is 2.26 bits per heavy atom. The van der Waals surface area contributed by atoms with Gasteiger partial charge in [-0.1, -0.05) is 35.4 Å². The molecule has 0 atom stereocenters. The molecule has 0 unspecified atom stereocenters. The Morgan fingerprint density at radius 1 is 0.935 bits per heavy atom. The highest BCUT2D eigenvalue weighted by Gasteiger charge is 2.08. The van der Waals surface area contributed by atoms with Crippen LogP contribution in [0.25, 0.3) is 17.2 Å². The van der Waals surface area contributed by atoms with Gasteiger partial charge in [0.15, 0.2) is 5.78 Å². The van der Waals surface area contributed by atoms with Crippen molar-refractivity contribution in [3.8, 4) is 22.6 Å². The van der Waals surface area contributed by atoms with Gasteiger partial charge in [-0.2, -0.15) is 0 Å². The van der Waals surface area contributed by atoms with Crippen LogP contribution in [0.4, 0.5) is 0 Å². The minimum Gasteiger partial charge on any atom is -0.508 e. The molecule has 0 fully saturated rings. The van der Waals surface area contributed by atoms with Gasteiger partial charge in [-0.3, -0.25) is 4.79 Å². The van der Waals surface area contributed by atoms with Gasteiger partial charge in [0.1, 0.15) is 18.1 Å². The zero-order valence-corrected chi connectivity index (χ0v) is 18.6. The topological polar surface area (TPSA) is 49.8 Å². The molecule has 0 saturated heterocycles. The number of hydrogen-bond donors (Lipinski definition) is 1. The maximum Gasteiger partial charge on any atom is 0.185 e. The highest BCUT2D eigenvalue weighted by Crippen LogP contribution is 2.29. The van der Waals surface area contributed by atoms with Crippen LogP contribution in [0.2, 0.25) is 0 Å². The molecule has 0 saturated carbocycles. The zero-order chi connectivity index (χ0) is 22.4. The molecule has 4 heteroatoms. The first-order valence-corrected chi connectivity index (χ1v) is 10.3. The van der Waals surface area contributed by atoms with Gasteiger partial charge in [0.05, 0.1) is 0 Å². The zero-order valence-electron chi connectivity index (χ0n) is 18.6. The highest BCUT2D eigenvalue weighted by atomic mass is 16.5. The quantitative estimate of drug-likeness (QED) is 0.389. The van der Waals surface area contributed by atoms with E-state index in [0.29, 0.717) is 12.2 Å². The first kappa shape index (κ1) is 22.3. The molecule has 1 N–H and O–H groups in total. The van der Waals surface area contributed by atoms with Gasteiger partial charge >= 0.3 is 0 Å². The lowest BCUT2D eigenvalue weighted by Gasteiger charge is -2.14. The number of ether oxygens (including phenoxy) is 1. The predicted molar refractivity (Wildman–Crippen MR) is 127 cm³/mol. The molecule has 3 aromatic rings. The number of aromatic hydroxyl groups is 1. The maximum absolute atomic E-state index is 12.6. The van der Waals surface area contributed by atoms with E-state index < -0.39 is 0 Å². The number of phenolic OH excluding ortho intramolecular Hbond substituents is 1. The van der Waals surface area contributed by atoms with Crippen LogP contribution < -0.4 is 4.74 Å². The van der Waals surface area contributed by atoms with E-state index in [2.05, 4.69) is 49.1 Å². The lowest BCUT2D eigenvalue weighted by atomic mass is 9.98. The smallest absolute Gasteiger partial charge is 0.185 e. The third-order valence-electron chi connectivity index (χ3n) is 4.93. The van der Waals surface area contributed by atoms with E-state index in [1.165, 1.54) is 23.3 Å². The first-order valence-electron chi connectivity index (χ1n) is 10.3. The molecule has 0 heterocycles. The molecule has 0 amide bonds. The molecule has 0 radical (unpaired) electrons. The fourth-order valence-electron chi connectivity index (χ4n) is 3.36. The Labute approximate surface area is 184 Å². The molecule has 0 aliphatic carbocycles. The number of allylic oxidation sites excluding steroid dienone is 1. The number of carbonyl (C=O) groups is 1. The SMILES string of the molecule is Cc1cc(C)cc(-c2ccc(OCCN(C)C)c(C=CC(=O)c3ccc(O)cc3)c2)c1. The van der Waals surface area contributed by atoms with Crippen molar-refractivity contribution in [3.63, 3.8) is 0 Å². The number of ketones is 1. The van der Waals surface area contributed by atoms with Gasteiger partial charge in [-0.25, -0.2) is 0 Å². The molecular weight excluding hydrogens is 386 g/mol. The van der Waals surface area contributed by atoms with Crippen molar-refractivity contribution < 1.29 is 14.6 Å². The first-order chi connectivity index (χ1) is 14.8. The van der Waals surface area contributed by atoms with Crippen molar-refractivity contribution in [1.29, 1.82) is 0 Å². The largest absolute Gasteiger partial charge is 0.508 e. The van der Waals surface area contributed by atoms with Crippen LogP contribution in [0.3, 0.4) is 0 Å². The van der Waals surface area contributed by atoms with Gasteiger partial charge in [0.25, 0.3) is 0 Å². The van der Waals surface area contributed by atoms with E-state index >= 15 is 0 Å². The van der Waals surface area contributed by atoms with E-state index in [0.717, 1.165) is 29.0 Å². The average molecular weight is 416 g/mol. The summed E-state index contributed by atoms with van der Waals surface area (Å²) in [5.41, 5.74) is 6.00. The summed E-state index contributed by atoms with van der Waals surface area (Å²) in [6.45, 7) is 5.54. The number of likely N-dealkylation sites (N-methyl/N-ethyl adjacent to an activating group) is 1. The van der Waals surface area contributed by atoms with E-state index in [-0.39, 0.29) is 11.5 Å². The van der Waals surface area contributed by atoms with Crippen LogP contribution in [0, 0.1) is 13.8 Å². The van der Waals surface area contributed by atoms with Gasteiger partial charge in [-0.15, -0.1) is 0 Å². The monoisotopic (exact) mass is 415 g/mol. The van der Waals surface area contributed by atoms with Crippen LogP contribution in [0.15, 0.2) is 66.7 Å². The summed E-state index contributed by atoms with van der Waals surface area (Å²) in [7, 11) is 4.01. The Balaban J connectivity index is 1.92. The maximum atomic E-state index is 12.6. The van der Waals surface area contributed by atoms with E-state index in [1.54, 1.807) is 24.3 Å². The molecule has 4 nitrogen and oxygen atoms in total. The Morgan fingerprint density at radius 2 is 1.61 bits per heavy atom. The predicted octanol–water partition coefficient (Wildman–Crippen LogP) is 5.51. The third kappa shape index (κ3) is 6.30. The summed E-state index contributed by atoms with van der Waals surface area (Å²) in [4.78, 5) is 14.6. The van der Waals surface area contributed by atoms with Crippen LogP contribution in [0.1, 0.15) is 27.0 Å². The number of phenols is 1. The van der Waals surface area contributed by atoms with Crippen LogP contribution in [0.5, 0.6) is 11.5 Å². The van der Waals surface area contributed by atoms with Crippen molar-refractivity contribution in [2.75, 3.05) is 27.2 Å². The summed E-state index contributed by atoms with van der Waals surface area (Å²) in [6, 6.07) is 18.8. The molecule has 0 aliphatic heterocycles. The molecule has 31 heavy (non-hydrogen) atoms. The van der Waals surface area contributed by atoms with Crippen LogP contribution >= 0.6 is 0 Å². The standard InChI is InChI=1S/C27H29NO3/c1-19-15-20(2)17-24(16-19)22-8-12-27(31-14-13-28(3)4)23(18-22)7-11-26(30)21-5-9-25(29)10-6-21/h5-12,15-18,29H,13-14H2,1-4H3. The number of hydrogen-bond acceptors (Lipinski definition) is 4. The van der Waals surface area contributed by atoms with Crippen LogP contribution in [-0.2, 0) is 0 Å². The molecule has 0 spiro atoms. The third-order valence-corrected chi connectivity index (χ3v) is 4.93. The lowest BCUT2D eigenvalue weighted by molar-refractivity contribution is 0.104. The van der Waals surface area contributed by atoms with Crippen molar-refractivity contribution in [1.82, 2.24) is 4.90 Å². The summed E-state index contributed by atoms with van der Waals surface area (Å²) < 4.78 is 6.00. The number of rotatable bonds is 8. The number of nitrogens with zero attached hydrogens (tertiary/aromatic N) is 1. The minimum absolute atomic E-state index is 0.129. The summed E-state index contributed by atoms with van der Waals surface area (Å²) >= 11 is 0. The van der Waals surface area contributed by atoms with E-state index in [4.69, 9.17) is 4.74 Å². The molecule has 0 aromatic heterocycles. The van der Waals surface area contributed by atoms with Gasteiger partial charge < -0.3 is 14.7 Å². The molecule has 160 valence electrons. The second kappa shape index (κ2) is 10.1. The van der Waals surface area contributed by atoms with E-state index in [1.807, 2.05) is 20.2 Å². The van der Waals surface area contributed by atoms with Crippen molar-refractivity contribution in [2.45, 2.75) is 13.8 Å². The molecule has 3 aromatic carbocycles. The Kier molecular flexibility index (Phi) is 7.27. The second-order valence-corrected chi connectivity index (χ2v) is 8.03. The van der Waals surface area contributed by atoms with Crippen molar-refractivity contribution in [2.24, 2.45) is 0 Å². The van der Waals surface area contributed by atoms with Gasteiger partial charge in [0, 0.05) is 17.7 Å². The van der Waals surface area contributed by atoms with Crippen LogP contribution in [-0.4, -0.2) is 43.0 Å². The molecule has 0 aliphatic rings. The fraction of sp³-hybridized carbons (Fsp3) is 0.222. The normalized spacial score (nSPS) is 11.3.